The molecule has 1 spiro atoms. The fraction of sp³-hybridized carbons (Fsp3) is 0.737. The van der Waals surface area contributed by atoms with Crippen LogP contribution in [0, 0.1) is 5.41 Å². The van der Waals surface area contributed by atoms with Crippen LogP contribution >= 0.6 is 0 Å². The van der Waals surface area contributed by atoms with E-state index in [1.807, 2.05) is 0 Å². The second-order valence-corrected chi connectivity index (χ2v) is 7.41. The van der Waals surface area contributed by atoms with Gasteiger partial charge < -0.3 is 14.5 Å². The van der Waals surface area contributed by atoms with E-state index in [2.05, 4.69) is 32.8 Å². The van der Waals surface area contributed by atoms with Crippen LogP contribution in [0.3, 0.4) is 0 Å². The smallest absolute Gasteiger partial charge is 0.222 e. The summed E-state index contributed by atoms with van der Waals surface area (Å²) in [5, 5.41) is 0. The van der Waals surface area contributed by atoms with Crippen molar-refractivity contribution in [3.63, 3.8) is 0 Å². The van der Waals surface area contributed by atoms with Gasteiger partial charge in [0.25, 0.3) is 0 Å². The molecular formula is C19H30N4O2. The number of piperidine rings is 2. The summed E-state index contributed by atoms with van der Waals surface area (Å²) in [5.41, 5.74) is 1.29. The number of methoxy groups -OCH3 is 1. The standard InChI is InChI=1S/C19H30N4O2/c1-3-16-12-17(21-15-20-16)22-9-4-7-19(13-22)8-6-18(24)23(14-19)10-5-11-25-2/h12,15H,3-11,13-14H2,1-2H3. The highest BCUT2D eigenvalue weighted by atomic mass is 16.5. The maximum absolute atomic E-state index is 12.3. The van der Waals surface area contributed by atoms with Gasteiger partial charge in [-0.1, -0.05) is 6.92 Å². The van der Waals surface area contributed by atoms with Crippen molar-refractivity contribution in [2.45, 2.75) is 45.4 Å². The van der Waals surface area contributed by atoms with Gasteiger partial charge in [0.2, 0.25) is 5.91 Å². The van der Waals surface area contributed by atoms with Gasteiger partial charge >= 0.3 is 0 Å². The lowest BCUT2D eigenvalue weighted by Crippen LogP contribution is -2.54. The number of hydrogen-bond acceptors (Lipinski definition) is 5. The van der Waals surface area contributed by atoms with Gasteiger partial charge in [0.1, 0.15) is 12.1 Å². The van der Waals surface area contributed by atoms with Crippen molar-refractivity contribution >= 4 is 11.7 Å². The van der Waals surface area contributed by atoms with Crippen LogP contribution in [0.5, 0.6) is 0 Å². The van der Waals surface area contributed by atoms with Gasteiger partial charge in [-0.3, -0.25) is 4.79 Å². The van der Waals surface area contributed by atoms with Gasteiger partial charge in [-0.05, 0) is 32.1 Å². The molecule has 2 fully saturated rings. The van der Waals surface area contributed by atoms with Gasteiger partial charge in [-0.2, -0.15) is 0 Å². The molecule has 1 aromatic heterocycles. The Hall–Kier alpha value is -1.69. The Morgan fingerprint density at radius 3 is 2.96 bits per heavy atom. The van der Waals surface area contributed by atoms with Gasteiger partial charge in [0, 0.05) is 63.5 Å². The molecule has 1 atom stereocenters. The molecule has 2 aliphatic rings. The lowest BCUT2D eigenvalue weighted by molar-refractivity contribution is -0.138. The maximum Gasteiger partial charge on any atom is 0.222 e. The molecule has 2 aliphatic heterocycles. The largest absolute Gasteiger partial charge is 0.385 e. The number of hydrogen-bond donors (Lipinski definition) is 0. The number of aryl methyl sites for hydroxylation is 1. The number of nitrogens with zero attached hydrogens (tertiary/aromatic N) is 4. The van der Waals surface area contributed by atoms with Crippen LogP contribution in [-0.4, -0.2) is 60.7 Å². The van der Waals surface area contributed by atoms with Crippen molar-refractivity contribution in [3.05, 3.63) is 18.1 Å². The van der Waals surface area contributed by atoms with E-state index in [1.165, 1.54) is 6.42 Å². The number of carbonyl (C=O) groups excluding carboxylic acids is 1. The second-order valence-electron chi connectivity index (χ2n) is 7.41. The van der Waals surface area contributed by atoms with Crippen molar-refractivity contribution in [2.24, 2.45) is 5.41 Å². The van der Waals surface area contributed by atoms with E-state index in [9.17, 15) is 4.79 Å². The number of amides is 1. The highest BCUT2D eigenvalue weighted by molar-refractivity contribution is 5.77. The summed E-state index contributed by atoms with van der Waals surface area (Å²) in [6.07, 6.45) is 7.54. The SMILES string of the molecule is CCc1cc(N2CCCC3(CCC(=O)N(CCCOC)C3)C2)ncn1. The lowest BCUT2D eigenvalue weighted by Gasteiger charge is -2.48. The molecule has 6 heteroatoms. The predicted octanol–water partition coefficient (Wildman–Crippen LogP) is 2.28. The Balaban J connectivity index is 1.69. The summed E-state index contributed by atoms with van der Waals surface area (Å²) in [4.78, 5) is 25.6. The molecule has 2 saturated heterocycles. The first-order chi connectivity index (χ1) is 12.2. The zero-order chi connectivity index (χ0) is 17.7. The van der Waals surface area contributed by atoms with E-state index in [4.69, 9.17) is 4.74 Å². The monoisotopic (exact) mass is 346 g/mol. The number of ether oxygens (including phenoxy) is 1. The molecule has 0 aliphatic carbocycles. The van der Waals surface area contributed by atoms with Crippen molar-refractivity contribution in [1.82, 2.24) is 14.9 Å². The van der Waals surface area contributed by atoms with Gasteiger partial charge in [0.15, 0.2) is 0 Å². The molecule has 0 bridgehead atoms. The molecule has 1 aromatic rings. The molecule has 1 unspecified atom stereocenters. The lowest BCUT2D eigenvalue weighted by atomic mass is 9.73. The molecule has 3 heterocycles. The first kappa shape index (κ1) is 18.1. The summed E-state index contributed by atoms with van der Waals surface area (Å²) in [7, 11) is 1.71. The van der Waals surface area contributed by atoms with E-state index in [1.54, 1.807) is 13.4 Å². The fourth-order valence-corrected chi connectivity index (χ4v) is 4.19. The summed E-state index contributed by atoms with van der Waals surface area (Å²) >= 11 is 0. The van der Waals surface area contributed by atoms with Gasteiger partial charge in [-0.25, -0.2) is 9.97 Å². The molecule has 0 radical (unpaired) electrons. The number of rotatable bonds is 6. The average Bonchev–Trinajstić information content (AvgIpc) is 2.65. The Morgan fingerprint density at radius 1 is 1.28 bits per heavy atom. The summed E-state index contributed by atoms with van der Waals surface area (Å²) in [5.74, 6) is 1.34. The van der Waals surface area contributed by atoms with Crippen LogP contribution in [0.15, 0.2) is 12.4 Å². The molecule has 25 heavy (non-hydrogen) atoms. The average molecular weight is 346 g/mol. The summed E-state index contributed by atoms with van der Waals surface area (Å²) < 4.78 is 5.14. The Kier molecular flexibility index (Phi) is 5.89. The molecule has 0 N–H and O–H groups in total. The molecule has 0 aromatic carbocycles. The maximum atomic E-state index is 12.3. The highest BCUT2D eigenvalue weighted by Crippen LogP contribution is 2.39. The van der Waals surface area contributed by atoms with Crippen LogP contribution in [0.4, 0.5) is 5.82 Å². The van der Waals surface area contributed by atoms with Crippen molar-refractivity contribution < 1.29 is 9.53 Å². The van der Waals surface area contributed by atoms with Crippen LogP contribution in [0.1, 0.15) is 44.7 Å². The number of carbonyl (C=O) groups is 1. The van der Waals surface area contributed by atoms with E-state index in [0.717, 1.165) is 63.4 Å². The Bertz CT molecular complexity index is 595. The van der Waals surface area contributed by atoms with Crippen LogP contribution in [-0.2, 0) is 16.0 Å². The minimum atomic E-state index is 0.205. The number of aromatic nitrogens is 2. The predicted molar refractivity (Wildman–Crippen MR) is 97.6 cm³/mol. The van der Waals surface area contributed by atoms with Crippen molar-refractivity contribution in [1.29, 1.82) is 0 Å². The second kappa shape index (κ2) is 8.13. The third kappa shape index (κ3) is 4.29. The third-order valence-corrected chi connectivity index (χ3v) is 5.58. The Morgan fingerprint density at radius 2 is 2.16 bits per heavy atom. The van der Waals surface area contributed by atoms with E-state index < -0.39 is 0 Å². The van der Waals surface area contributed by atoms with Crippen LogP contribution in [0.2, 0.25) is 0 Å². The summed E-state index contributed by atoms with van der Waals surface area (Å²) in [6.45, 7) is 6.54. The zero-order valence-electron chi connectivity index (χ0n) is 15.5. The quantitative estimate of drug-likeness (QED) is 0.740. The minimum absolute atomic E-state index is 0.205. The molecule has 3 rings (SSSR count). The van der Waals surface area contributed by atoms with Gasteiger partial charge in [-0.15, -0.1) is 0 Å². The first-order valence-electron chi connectivity index (χ1n) is 9.48. The Labute approximate surface area is 150 Å². The molecule has 138 valence electrons. The van der Waals surface area contributed by atoms with Crippen molar-refractivity contribution in [3.8, 4) is 0 Å². The zero-order valence-corrected chi connectivity index (χ0v) is 15.5. The first-order valence-corrected chi connectivity index (χ1v) is 9.48. The van der Waals surface area contributed by atoms with E-state index in [0.29, 0.717) is 18.9 Å². The molecule has 6 nitrogen and oxygen atoms in total. The highest BCUT2D eigenvalue weighted by Gasteiger charge is 2.41. The van der Waals surface area contributed by atoms with Crippen molar-refractivity contribution in [2.75, 3.05) is 44.8 Å². The topological polar surface area (TPSA) is 58.6 Å². The van der Waals surface area contributed by atoms with Crippen LogP contribution in [0.25, 0.3) is 0 Å². The minimum Gasteiger partial charge on any atom is -0.385 e. The fourth-order valence-electron chi connectivity index (χ4n) is 4.19. The molecular weight excluding hydrogens is 316 g/mol. The van der Waals surface area contributed by atoms with Crippen LogP contribution < -0.4 is 4.90 Å². The number of likely N-dealkylation sites (tertiary alicyclic amines) is 1. The molecule has 1 amide bonds. The van der Waals surface area contributed by atoms with Gasteiger partial charge in [0.05, 0.1) is 0 Å². The molecule has 0 saturated carbocycles. The number of anilines is 1. The van der Waals surface area contributed by atoms with E-state index >= 15 is 0 Å². The summed E-state index contributed by atoms with van der Waals surface area (Å²) in [6, 6.07) is 2.11. The van der Waals surface area contributed by atoms with E-state index in [-0.39, 0.29) is 5.41 Å². The normalized spacial score (nSPS) is 24.2. The third-order valence-electron chi connectivity index (χ3n) is 5.58.